The number of aliphatic hydroxyl groups excluding tert-OH is 1. The first-order valence-corrected chi connectivity index (χ1v) is 5.54. The van der Waals surface area contributed by atoms with Gasteiger partial charge in [0.05, 0.1) is 6.10 Å². The van der Waals surface area contributed by atoms with Crippen molar-refractivity contribution in [1.29, 1.82) is 0 Å². The SMILES string of the molecule is CCC[C@H](Br)[C@H](O)c1ccccc1. The minimum absolute atomic E-state index is 0.167. The lowest BCUT2D eigenvalue weighted by atomic mass is 10.0. The van der Waals surface area contributed by atoms with Gasteiger partial charge >= 0.3 is 0 Å². The molecule has 2 atom stereocenters. The molecule has 0 aromatic heterocycles. The maximum absolute atomic E-state index is 9.87. The summed E-state index contributed by atoms with van der Waals surface area (Å²) in [6.07, 6.45) is 1.69. The Balaban J connectivity index is 2.62. The molecule has 0 spiro atoms. The van der Waals surface area contributed by atoms with Crippen molar-refractivity contribution in [2.24, 2.45) is 0 Å². The molecule has 0 amide bonds. The van der Waals surface area contributed by atoms with E-state index in [1.165, 1.54) is 0 Å². The van der Waals surface area contributed by atoms with Crippen molar-refractivity contribution in [2.75, 3.05) is 0 Å². The molecule has 1 N–H and O–H groups in total. The molecule has 0 fully saturated rings. The fraction of sp³-hybridized carbons (Fsp3) is 0.455. The summed E-state index contributed by atoms with van der Waals surface area (Å²) >= 11 is 3.49. The van der Waals surface area contributed by atoms with Crippen molar-refractivity contribution in [3.8, 4) is 0 Å². The average molecular weight is 243 g/mol. The summed E-state index contributed by atoms with van der Waals surface area (Å²) in [5.41, 5.74) is 0.984. The number of halogens is 1. The molecule has 0 saturated carbocycles. The number of alkyl halides is 1. The first kappa shape index (κ1) is 10.7. The largest absolute Gasteiger partial charge is 0.387 e. The Labute approximate surface area is 87.9 Å². The van der Waals surface area contributed by atoms with Gasteiger partial charge in [0, 0.05) is 4.83 Å². The van der Waals surface area contributed by atoms with Crippen molar-refractivity contribution in [2.45, 2.75) is 30.7 Å². The Morgan fingerprint density at radius 2 is 1.92 bits per heavy atom. The van der Waals surface area contributed by atoms with Crippen LogP contribution in [-0.4, -0.2) is 9.93 Å². The molecule has 0 radical (unpaired) electrons. The van der Waals surface area contributed by atoms with Crippen molar-refractivity contribution < 1.29 is 5.11 Å². The number of rotatable bonds is 4. The molecule has 1 aromatic carbocycles. The summed E-state index contributed by atoms with van der Waals surface area (Å²) < 4.78 is 0. The van der Waals surface area contributed by atoms with Gasteiger partial charge in [0.25, 0.3) is 0 Å². The summed E-state index contributed by atoms with van der Waals surface area (Å²) in [5.74, 6) is 0. The van der Waals surface area contributed by atoms with E-state index in [9.17, 15) is 5.11 Å². The molecule has 1 rings (SSSR count). The summed E-state index contributed by atoms with van der Waals surface area (Å²) in [4.78, 5) is 0.167. The first-order chi connectivity index (χ1) is 6.25. The van der Waals surface area contributed by atoms with E-state index >= 15 is 0 Å². The smallest absolute Gasteiger partial charge is 0.0914 e. The van der Waals surface area contributed by atoms with Crippen LogP contribution < -0.4 is 0 Å². The van der Waals surface area contributed by atoms with Crippen LogP contribution in [0.1, 0.15) is 31.4 Å². The maximum Gasteiger partial charge on any atom is 0.0914 e. The van der Waals surface area contributed by atoms with Gasteiger partial charge in [0.1, 0.15) is 0 Å². The molecule has 0 unspecified atom stereocenters. The van der Waals surface area contributed by atoms with E-state index < -0.39 is 0 Å². The molecular formula is C11H15BrO. The second-order valence-corrected chi connectivity index (χ2v) is 4.34. The topological polar surface area (TPSA) is 20.2 Å². The lowest BCUT2D eigenvalue weighted by molar-refractivity contribution is 0.173. The normalized spacial score (nSPS) is 15.3. The Bertz CT molecular complexity index is 235. The van der Waals surface area contributed by atoms with Crippen LogP contribution in [0.5, 0.6) is 0 Å². The van der Waals surface area contributed by atoms with Gasteiger partial charge in [-0.15, -0.1) is 0 Å². The highest BCUT2D eigenvalue weighted by atomic mass is 79.9. The van der Waals surface area contributed by atoms with E-state index in [2.05, 4.69) is 22.9 Å². The van der Waals surface area contributed by atoms with E-state index in [1.807, 2.05) is 30.3 Å². The quantitative estimate of drug-likeness (QED) is 0.804. The van der Waals surface area contributed by atoms with Crippen molar-refractivity contribution in [1.82, 2.24) is 0 Å². The summed E-state index contributed by atoms with van der Waals surface area (Å²) in [6.45, 7) is 2.12. The van der Waals surface area contributed by atoms with Crippen LogP contribution in [0.4, 0.5) is 0 Å². The second kappa shape index (κ2) is 5.40. The molecule has 0 saturated heterocycles. The van der Waals surface area contributed by atoms with E-state index in [-0.39, 0.29) is 10.9 Å². The highest BCUT2D eigenvalue weighted by Crippen LogP contribution is 2.25. The van der Waals surface area contributed by atoms with Gasteiger partial charge in [-0.05, 0) is 12.0 Å². The van der Waals surface area contributed by atoms with Crippen molar-refractivity contribution in [3.63, 3.8) is 0 Å². The zero-order chi connectivity index (χ0) is 9.68. The third kappa shape index (κ3) is 3.12. The Morgan fingerprint density at radius 3 is 2.46 bits per heavy atom. The van der Waals surface area contributed by atoms with Crippen molar-refractivity contribution >= 4 is 15.9 Å². The fourth-order valence-electron chi connectivity index (χ4n) is 1.29. The molecule has 2 heteroatoms. The summed E-state index contributed by atoms with van der Waals surface area (Å²) in [5, 5.41) is 9.87. The second-order valence-electron chi connectivity index (χ2n) is 3.16. The Hall–Kier alpha value is -0.340. The highest BCUT2D eigenvalue weighted by molar-refractivity contribution is 9.09. The standard InChI is InChI=1S/C11H15BrO/c1-2-6-10(12)11(13)9-7-4-3-5-8-9/h3-5,7-8,10-11,13H,2,6H2,1H3/t10-,11+/m0/s1. The Kier molecular flexibility index (Phi) is 4.46. The van der Waals surface area contributed by atoms with Gasteiger partial charge in [-0.3, -0.25) is 0 Å². The number of hydrogen-bond acceptors (Lipinski definition) is 1. The number of aliphatic hydroxyl groups is 1. The fourth-order valence-corrected chi connectivity index (χ4v) is 2.06. The molecule has 0 aliphatic heterocycles. The minimum atomic E-state index is -0.388. The Morgan fingerprint density at radius 1 is 1.31 bits per heavy atom. The van der Waals surface area contributed by atoms with Crippen molar-refractivity contribution in [3.05, 3.63) is 35.9 Å². The van der Waals surface area contributed by atoms with Gasteiger partial charge in [0.15, 0.2) is 0 Å². The third-order valence-corrected chi connectivity index (χ3v) is 3.01. The van der Waals surface area contributed by atoms with Crippen LogP contribution in [-0.2, 0) is 0 Å². The van der Waals surface area contributed by atoms with Gasteiger partial charge < -0.3 is 5.11 Å². The van der Waals surface area contributed by atoms with Gasteiger partial charge in [-0.25, -0.2) is 0 Å². The molecular weight excluding hydrogens is 228 g/mol. The maximum atomic E-state index is 9.87. The molecule has 0 aliphatic rings. The average Bonchev–Trinajstić information content (AvgIpc) is 2.18. The number of hydrogen-bond donors (Lipinski definition) is 1. The summed E-state index contributed by atoms with van der Waals surface area (Å²) in [6, 6.07) is 9.76. The molecule has 0 aliphatic carbocycles. The molecule has 13 heavy (non-hydrogen) atoms. The predicted molar refractivity (Wildman–Crippen MR) is 59.0 cm³/mol. The van der Waals surface area contributed by atoms with E-state index in [0.29, 0.717) is 0 Å². The summed E-state index contributed by atoms with van der Waals surface area (Å²) in [7, 11) is 0. The minimum Gasteiger partial charge on any atom is -0.387 e. The van der Waals surface area contributed by atoms with Gasteiger partial charge in [-0.1, -0.05) is 59.6 Å². The van der Waals surface area contributed by atoms with Gasteiger partial charge in [0.2, 0.25) is 0 Å². The van der Waals surface area contributed by atoms with Crippen LogP contribution in [0.3, 0.4) is 0 Å². The van der Waals surface area contributed by atoms with E-state index in [4.69, 9.17) is 0 Å². The predicted octanol–water partition coefficient (Wildman–Crippen LogP) is 3.28. The zero-order valence-corrected chi connectivity index (χ0v) is 9.37. The lowest BCUT2D eigenvalue weighted by Crippen LogP contribution is -2.11. The molecule has 1 aromatic rings. The van der Waals surface area contributed by atoms with Crippen LogP contribution in [0.15, 0.2) is 30.3 Å². The van der Waals surface area contributed by atoms with Crippen LogP contribution >= 0.6 is 15.9 Å². The molecule has 0 bridgehead atoms. The third-order valence-electron chi connectivity index (χ3n) is 2.05. The van der Waals surface area contributed by atoms with E-state index in [0.717, 1.165) is 18.4 Å². The van der Waals surface area contributed by atoms with Crippen LogP contribution in [0.25, 0.3) is 0 Å². The highest BCUT2D eigenvalue weighted by Gasteiger charge is 2.16. The first-order valence-electron chi connectivity index (χ1n) is 4.62. The zero-order valence-electron chi connectivity index (χ0n) is 7.78. The monoisotopic (exact) mass is 242 g/mol. The molecule has 0 heterocycles. The molecule has 72 valence electrons. The van der Waals surface area contributed by atoms with Crippen LogP contribution in [0.2, 0.25) is 0 Å². The van der Waals surface area contributed by atoms with E-state index in [1.54, 1.807) is 0 Å². The van der Waals surface area contributed by atoms with Gasteiger partial charge in [-0.2, -0.15) is 0 Å². The molecule has 1 nitrogen and oxygen atoms in total. The lowest BCUT2D eigenvalue weighted by Gasteiger charge is -2.16. The number of benzene rings is 1. The van der Waals surface area contributed by atoms with Crippen LogP contribution in [0, 0.1) is 0 Å².